The first-order valence-corrected chi connectivity index (χ1v) is 4.25. The van der Waals surface area contributed by atoms with Gasteiger partial charge in [0, 0.05) is 5.75 Å². The number of aliphatic imine (C=N–C) groups is 1. The Balaban J connectivity index is 2.72. The highest BCUT2D eigenvalue weighted by atomic mass is 32.2. The van der Waals surface area contributed by atoms with Crippen LogP contribution in [0.1, 0.15) is 6.92 Å². The van der Waals surface area contributed by atoms with Crippen molar-refractivity contribution in [2.24, 2.45) is 10.7 Å². The molecule has 0 fully saturated rings. The van der Waals surface area contributed by atoms with Crippen molar-refractivity contribution in [3.63, 3.8) is 0 Å². The molecule has 1 heterocycles. The van der Waals surface area contributed by atoms with Crippen LogP contribution < -0.4 is 5.73 Å². The lowest BCUT2D eigenvalue weighted by molar-refractivity contribution is -0.139. The molecule has 0 aromatic heterocycles. The molecule has 2 atom stereocenters. The Morgan fingerprint density at radius 3 is 3.00 bits per heavy atom. The van der Waals surface area contributed by atoms with E-state index in [9.17, 15) is 4.79 Å². The van der Waals surface area contributed by atoms with Crippen LogP contribution in [-0.2, 0) is 4.79 Å². The van der Waals surface area contributed by atoms with Gasteiger partial charge < -0.3 is 10.8 Å². The Morgan fingerprint density at radius 1 is 2.00 bits per heavy atom. The molecule has 0 aromatic rings. The van der Waals surface area contributed by atoms with Crippen LogP contribution in [0.3, 0.4) is 0 Å². The number of carboxylic acids is 1. The van der Waals surface area contributed by atoms with Crippen molar-refractivity contribution in [2.45, 2.75) is 18.5 Å². The second kappa shape index (κ2) is 2.83. The van der Waals surface area contributed by atoms with Gasteiger partial charge in [-0.05, 0) is 6.92 Å². The third kappa shape index (κ3) is 1.54. The standard InChI is InChI=1S/C6H10N2O2S/c1-6(2-11-3-8-6)4(7)5(9)10/h3-4H,2,7H2,1H3,(H,9,10). The van der Waals surface area contributed by atoms with Crippen LogP contribution in [0, 0.1) is 0 Å². The van der Waals surface area contributed by atoms with E-state index >= 15 is 0 Å². The molecule has 1 aliphatic heterocycles. The molecule has 0 amide bonds. The maximum atomic E-state index is 10.5. The number of rotatable bonds is 2. The molecule has 1 rings (SSSR count). The predicted octanol–water partition coefficient (Wildman–Crippen LogP) is -0.0679. The lowest BCUT2D eigenvalue weighted by Crippen LogP contribution is -2.50. The zero-order valence-electron chi connectivity index (χ0n) is 6.15. The number of carbonyl (C=O) groups is 1. The predicted molar refractivity (Wildman–Crippen MR) is 45.0 cm³/mol. The quantitative estimate of drug-likeness (QED) is 0.614. The van der Waals surface area contributed by atoms with Gasteiger partial charge in [-0.25, -0.2) is 0 Å². The zero-order valence-corrected chi connectivity index (χ0v) is 6.97. The third-order valence-corrected chi connectivity index (χ3v) is 2.74. The highest BCUT2D eigenvalue weighted by Crippen LogP contribution is 2.25. The van der Waals surface area contributed by atoms with Crippen molar-refractivity contribution >= 4 is 23.3 Å². The van der Waals surface area contributed by atoms with Gasteiger partial charge in [0.2, 0.25) is 0 Å². The van der Waals surface area contributed by atoms with E-state index in [-0.39, 0.29) is 0 Å². The normalized spacial score (nSPS) is 32.2. The first-order chi connectivity index (χ1) is 5.06. The van der Waals surface area contributed by atoms with Gasteiger partial charge in [0.15, 0.2) is 0 Å². The summed E-state index contributed by atoms with van der Waals surface area (Å²) in [5.74, 6) is -0.340. The monoisotopic (exact) mass is 174 g/mol. The van der Waals surface area contributed by atoms with Crippen LogP contribution in [0.5, 0.6) is 0 Å². The van der Waals surface area contributed by atoms with Crippen molar-refractivity contribution in [3.05, 3.63) is 0 Å². The Kier molecular flexibility index (Phi) is 2.20. The van der Waals surface area contributed by atoms with Crippen molar-refractivity contribution in [3.8, 4) is 0 Å². The Bertz CT molecular complexity index is 207. The molecule has 0 saturated carbocycles. The molecule has 62 valence electrons. The molecule has 0 aromatic carbocycles. The number of carboxylic acid groups (broad SMARTS) is 1. The average molecular weight is 174 g/mol. The Hall–Kier alpha value is -0.550. The molecule has 3 N–H and O–H groups in total. The summed E-state index contributed by atoms with van der Waals surface area (Å²) < 4.78 is 0. The molecular formula is C6H10N2O2S. The first-order valence-electron chi connectivity index (χ1n) is 3.20. The number of nitrogens with two attached hydrogens (primary N) is 1. The topological polar surface area (TPSA) is 75.7 Å². The van der Waals surface area contributed by atoms with E-state index in [0.717, 1.165) is 0 Å². The molecule has 2 unspecified atom stereocenters. The Morgan fingerprint density at radius 2 is 2.64 bits per heavy atom. The van der Waals surface area contributed by atoms with E-state index in [4.69, 9.17) is 10.8 Å². The smallest absolute Gasteiger partial charge is 0.323 e. The second-order valence-electron chi connectivity index (χ2n) is 2.72. The van der Waals surface area contributed by atoms with Crippen molar-refractivity contribution in [1.29, 1.82) is 0 Å². The number of thioether (sulfide) groups is 1. The van der Waals surface area contributed by atoms with Gasteiger partial charge in [0.25, 0.3) is 0 Å². The van der Waals surface area contributed by atoms with Gasteiger partial charge in [-0.15, -0.1) is 11.8 Å². The first kappa shape index (κ1) is 8.55. The minimum atomic E-state index is -0.993. The SMILES string of the molecule is CC1(C(N)C(=O)O)CSC=N1. The lowest BCUT2D eigenvalue weighted by Gasteiger charge is -2.23. The Labute approximate surface area is 68.9 Å². The fourth-order valence-corrected chi connectivity index (χ4v) is 1.82. The molecule has 0 bridgehead atoms. The van der Waals surface area contributed by atoms with Gasteiger partial charge in [-0.1, -0.05) is 0 Å². The summed E-state index contributed by atoms with van der Waals surface area (Å²) in [6.07, 6.45) is 0. The van der Waals surface area contributed by atoms with Crippen LogP contribution >= 0.6 is 11.8 Å². The summed E-state index contributed by atoms with van der Waals surface area (Å²) >= 11 is 1.49. The highest BCUT2D eigenvalue weighted by molar-refractivity contribution is 8.12. The minimum absolute atomic E-state index is 0.615. The minimum Gasteiger partial charge on any atom is -0.480 e. The molecular weight excluding hydrogens is 164 g/mol. The van der Waals surface area contributed by atoms with Gasteiger partial charge in [0.05, 0.1) is 11.1 Å². The van der Waals surface area contributed by atoms with Crippen LogP contribution in [0.2, 0.25) is 0 Å². The molecule has 11 heavy (non-hydrogen) atoms. The van der Waals surface area contributed by atoms with E-state index < -0.39 is 17.6 Å². The van der Waals surface area contributed by atoms with Gasteiger partial charge in [0.1, 0.15) is 6.04 Å². The zero-order chi connectivity index (χ0) is 8.48. The summed E-state index contributed by atoms with van der Waals surface area (Å²) in [7, 11) is 0. The number of hydrogen-bond acceptors (Lipinski definition) is 4. The van der Waals surface area contributed by atoms with Crippen molar-refractivity contribution in [1.82, 2.24) is 0 Å². The maximum Gasteiger partial charge on any atom is 0.323 e. The molecule has 0 aliphatic carbocycles. The van der Waals surface area contributed by atoms with Crippen LogP contribution in [0.15, 0.2) is 4.99 Å². The van der Waals surface area contributed by atoms with E-state index in [2.05, 4.69) is 4.99 Å². The largest absolute Gasteiger partial charge is 0.480 e. The summed E-state index contributed by atoms with van der Waals surface area (Å²) in [4.78, 5) is 14.5. The second-order valence-corrected chi connectivity index (χ2v) is 3.55. The number of aliphatic carboxylic acids is 1. The van der Waals surface area contributed by atoms with Gasteiger partial charge in [-0.2, -0.15) is 0 Å². The van der Waals surface area contributed by atoms with Gasteiger partial charge >= 0.3 is 5.97 Å². The molecule has 0 radical (unpaired) electrons. The summed E-state index contributed by atoms with van der Waals surface area (Å²) in [5.41, 5.74) is 6.47. The van der Waals surface area contributed by atoms with Gasteiger partial charge in [-0.3, -0.25) is 9.79 Å². The van der Waals surface area contributed by atoms with Crippen LogP contribution in [0.25, 0.3) is 0 Å². The summed E-state index contributed by atoms with van der Waals surface area (Å²) in [6, 6.07) is -0.895. The fourth-order valence-electron chi connectivity index (χ4n) is 0.837. The van der Waals surface area contributed by atoms with Crippen molar-refractivity contribution in [2.75, 3.05) is 5.75 Å². The van der Waals surface area contributed by atoms with E-state index in [1.807, 2.05) is 0 Å². The molecule has 0 saturated heterocycles. The fraction of sp³-hybridized carbons (Fsp3) is 0.667. The van der Waals surface area contributed by atoms with E-state index in [1.54, 1.807) is 12.5 Å². The molecule has 5 heteroatoms. The summed E-state index contributed by atoms with van der Waals surface area (Å²) in [5, 5.41) is 8.60. The highest BCUT2D eigenvalue weighted by Gasteiger charge is 2.38. The molecule has 0 spiro atoms. The number of nitrogens with zero attached hydrogens (tertiary/aromatic N) is 1. The van der Waals surface area contributed by atoms with Crippen LogP contribution in [0.4, 0.5) is 0 Å². The molecule has 4 nitrogen and oxygen atoms in total. The van der Waals surface area contributed by atoms with Crippen molar-refractivity contribution < 1.29 is 9.90 Å². The average Bonchev–Trinajstić information content (AvgIpc) is 2.35. The third-order valence-electron chi connectivity index (χ3n) is 1.73. The number of hydrogen-bond donors (Lipinski definition) is 2. The van der Waals surface area contributed by atoms with E-state index in [1.165, 1.54) is 11.8 Å². The molecule has 1 aliphatic rings. The maximum absolute atomic E-state index is 10.5. The summed E-state index contributed by atoms with van der Waals surface area (Å²) in [6.45, 7) is 1.75. The van der Waals surface area contributed by atoms with E-state index in [0.29, 0.717) is 5.75 Å². The lowest BCUT2D eigenvalue weighted by atomic mass is 9.96. The van der Waals surface area contributed by atoms with Crippen LogP contribution in [-0.4, -0.2) is 34.0 Å².